The van der Waals surface area contributed by atoms with Crippen molar-refractivity contribution in [3.63, 3.8) is 0 Å². The van der Waals surface area contributed by atoms with Crippen LogP contribution in [0.5, 0.6) is 0 Å². The first kappa shape index (κ1) is 30.6. The van der Waals surface area contributed by atoms with Crippen LogP contribution in [-0.2, 0) is 23.8 Å². The molecule has 7 atom stereocenters. The van der Waals surface area contributed by atoms with Crippen molar-refractivity contribution in [2.45, 2.75) is 85.5 Å². The standard InChI is InChI=1S/C29H45NO7/c1-16-9-10-24(17(2)12-22(30)15-36-20(5)35-8)37-26(32)14-25(31)29(6,7)28(34)19(4)27(33)18(3)23-13-21(23)11-16/h9,12,15,18-19,21,23-25,27,31,33H,5,10-11,13-14,30H2,1-4,6-8H3/b16-9-,17-12+,22-15-/t18-,19+,21?,23?,24-,25-,27-/m0/s1. The molecular formula is C29H45NO7. The molecule has 1 aliphatic heterocycles. The van der Waals surface area contributed by atoms with Gasteiger partial charge in [-0.3, -0.25) is 9.59 Å². The highest BCUT2D eigenvalue weighted by molar-refractivity contribution is 5.88. The molecule has 1 fully saturated rings. The van der Waals surface area contributed by atoms with Gasteiger partial charge in [-0.1, -0.05) is 39.3 Å². The number of hydrogen-bond donors (Lipinski definition) is 3. The average molecular weight is 520 g/mol. The number of rotatable bonds is 5. The lowest BCUT2D eigenvalue weighted by molar-refractivity contribution is -0.154. The zero-order valence-electron chi connectivity index (χ0n) is 23.3. The summed E-state index contributed by atoms with van der Waals surface area (Å²) >= 11 is 0. The zero-order valence-corrected chi connectivity index (χ0v) is 23.3. The van der Waals surface area contributed by atoms with Crippen LogP contribution in [0.1, 0.15) is 67.2 Å². The van der Waals surface area contributed by atoms with Crippen molar-refractivity contribution in [2.75, 3.05) is 7.11 Å². The van der Waals surface area contributed by atoms with E-state index in [1.807, 2.05) is 6.92 Å². The second-order valence-corrected chi connectivity index (χ2v) is 11.3. The van der Waals surface area contributed by atoms with Gasteiger partial charge in [-0.15, -0.1) is 0 Å². The molecule has 0 bridgehead atoms. The van der Waals surface area contributed by atoms with E-state index in [1.54, 1.807) is 33.8 Å². The van der Waals surface area contributed by atoms with E-state index >= 15 is 0 Å². The third-order valence-corrected chi connectivity index (χ3v) is 7.94. The molecule has 1 saturated carbocycles. The Kier molecular flexibility index (Phi) is 10.6. The molecule has 0 amide bonds. The van der Waals surface area contributed by atoms with E-state index in [1.165, 1.54) is 18.9 Å². The number of esters is 1. The van der Waals surface area contributed by atoms with Crippen LogP contribution in [0.2, 0.25) is 0 Å². The van der Waals surface area contributed by atoms with Crippen molar-refractivity contribution in [2.24, 2.45) is 34.8 Å². The molecule has 0 radical (unpaired) electrons. The van der Waals surface area contributed by atoms with Gasteiger partial charge in [0.1, 0.15) is 18.1 Å². The Morgan fingerprint density at radius 3 is 2.51 bits per heavy atom. The molecular weight excluding hydrogens is 474 g/mol. The number of ether oxygens (including phenoxy) is 3. The largest absolute Gasteiger partial charge is 0.469 e. The summed E-state index contributed by atoms with van der Waals surface area (Å²) in [5, 5.41) is 21.8. The number of carbonyl (C=O) groups is 2. The lowest BCUT2D eigenvalue weighted by Crippen LogP contribution is -2.46. The van der Waals surface area contributed by atoms with Crippen molar-refractivity contribution in [1.82, 2.24) is 0 Å². The van der Waals surface area contributed by atoms with Gasteiger partial charge in [0.05, 0.1) is 36.9 Å². The summed E-state index contributed by atoms with van der Waals surface area (Å²) in [5.41, 5.74) is 6.95. The highest BCUT2D eigenvalue weighted by Gasteiger charge is 2.47. The molecule has 2 rings (SSSR count). The number of aliphatic hydroxyl groups excluding tert-OH is 2. The first-order valence-corrected chi connectivity index (χ1v) is 13.0. The molecule has 1 heterocycles. The maximum absolute atomic E-state index is 13.3. The van der Waals surface area contributed by atoms with E-state index in [-0.39, 0.29) is 29.8 Å². The van der Waals surface area contributed by atoms with E-state index in [0.29, 0.717) is 23.8 Å². The van der Waals surface area contributed by atoms with Crippen LogP contribution in [0.4, 0.5) is 0 Å². The number of allylic oxidation sites excluding steroid dienone is 2. The minimum Gasteiger partial charge on any atom is -0.469 e. The first-order valence-electron chi connectivity index (χ1n) is 13.0. The Morgan fingerprint density at radius 2 is 1.89 bits per heavy atom. The highest BCUT2D eigenvalue weighted by Crippen LogP contribution is 2.50. The molecule has 37 heavy (non-hydrogen) atoms. The van der Waals surface area contributed by atoms with Gasteiger partial charge < -0.3 is 30.2 Å². The number of methoxy groups -OCH3 is 1. The quantitative estimate of drug-likeness (QED) is 0.214. The minimum absolute atomic E-state index is 0.0355. The molecule has 8 nitrogen and oxygen atoms in total. The lowest BCUT2D eigenvalue weighted by Gasteiger charge is -2.34. The van der Waals surface area contributed by atoms with Crippen molar-refractivity contribution < 1.29 is 34.0 Å². The maximum atomic E-state index is 13.3. The van der Waals surface area contributed by atoms with Gasteiger partial charge >= 0.3 is 5.97 Å². The summed E-state index contributed by atoms with van der Waals surface area (Å²) in [4.78, 5) is 26.2. The SMILES string of the molecule is C=C(OC)O/C=C(N)/C=C(\C)[C@@H]1C/C=C(/C)CC2CC2[C@H](C)[C@H](O)[C@@H](C)C(=O)C(C)(C)[C@@H](O)CC(=O)O1. The maximum Gasteiger partial charge on any atom is 0.309 e. The van der Waals surface area contributed by atoms with E-state index < -0.39 is 35.6 Å². The molecule has 0 aromatic heterocycles. The van der Waals surface area contributed by atoms with Crippen molar-refractivity contribution in [3.05, 3.63) is 47.8 Å². The van der Waals surface area contributed by atoms with E-state index in [4.69, 9.17) is 19.9 Å². The van der Waals surface area contributed by atoms with Crippen LogP contribution < -0.4 is 5.73 Å². The first-order chi connectivity index (χ1) is 17.2. The fourth-order valence-corrected chi connectivity index (χ4v) is 5.09. The van der Waals surface area contributed by atoms with Gasteiger partial charge in [0, 0.05) is 12.3 Å². The number of hydrogen-bond acceptors (Lipinski definition) is 8. The second-order valence-electron chi connectivity index (χ2n) is 11.3. The Morgan fingerprint density at radius 1 is 1.24 bits per heavy atom. The average Bonchev–Trinajstić information content (AvgIpc) is 3.60. The molecule has 8 heteroatoms. The van der Waals surface area contributed by atoms with E-state index in [9.17, 15) is 19.8 Å². The third kappa shape index (κ3) is 8.20. The molecule has 2 unspecified atom stereocenters. The lowest BCUT2D eigenvalue weighted by atomic mass is 9.72. The minimum atomic E-state index is -1.26. The van der Waals surface area contributed by atoms with Crippen molar-refractivity contribution >= 4 is 11.8 Å². The van der Waals surface area contributed by atoms with Crippen LogP contribution in [0.15, 0.2) is 47.8 Å². The van der Waals surface area contributed by atoms with Crippen LogP contribution >= 0.6 is 0 Å². The van der Waals surface area contributed by atoms with E-state index in [0.717, 1.165) is 12.8 Å². The Balaban J connectivity index is 2.34. The number of Topliss-reactive ketones (excluding diaryl/α,β-unsaturated/α-hetero) is 1. The van der Waals surface area contributed by atoms with Crippen LogP contribution in [0, 0.1) is 29.1 Å². The van der Waals surface area contributed by atoms with Gasteiger partial charge in [-0.25, -0.2) is 0 Å². The monoisotopic (exact) mass is 519 g/mol. The summed E-state index contributed by atoms with van der Waals surface area (Å²) in [7, 11) is 1.43. The normalized spacial score (nSPS) is 35.5. The Hall–Kier alpha value is -2.58. The molecule has 0 aromatic carbocycles. The highest BCUT2D eigenvalue weighted by atomic mass is 16.7. The fourth-order valence-electron chi connectivity index (χ4n) is 5.09. The topological polar surface area (TPSA) is 128 Å². The van der Waals surface area contributed by atoms with E-state index in [2.05, 4.69) is 19.6 Å². The Labute approximate surface area is 221 Å². The number of fused-ring (bicyclic) bond motifs is 1. The summed E-state index contributed by atoms with van der Waals surface area (Å²) in [6, 6.07) is 0. The van der Waals surface area contributed by atoms with Gasteiger partial charge in [0.25, 0.3) is 5.95 Å². The predicted octanol–water partition coefficient (Wildman–Crippen LogP) is 4.13. The van der Waals surface area contributed by atoms with Crippen molar-refractivity contribution in [1.29, 1.82) is 0 Å². The van der Waals surface area contributed by atoms with Crippen molar-refractivity contribution in [3.8, 4) is 0 Å². The Bertz CT molecular complexity index is 948. The smallest absolute Gasteiger partial charge is 0.309 e. The van der Waals surface area contributed by atoms with Gasteiger partial charge in [0.2, 0.25) is 0 Å². The van der Waals surface area contributed by atoms with Crippen LogP contribution in [-0.4, -0.2) is 47.4 Å². The molecule has 4 N–H and O–H groups in total. The number of carbonyl (C=O) groups excluding carboxylic acids is 2. The molecule has 2 aliphatic rings. The number of nitrogens with two attached hydrogens (primary N) is 1. The molecule has 1 aliphatic carbocycles. The summed E-state index contributed by atoms with van der Waals surface area (Å²) < 4.78 is 15.8. The molecule has 0 saturated heterocycles. The third-order valence-electron chi connectivity index (χ3n) is 7.94. The second kappa shape index (κ2) is 12.8. The summed E-state index contributed by atoms with van der Waals surface area (Å²) in [6.07, 6.45) is 4.28. The fraction of sp³-hybridized carbons (Fsp3) is 0.655. The predicted molar refractivity (Wildman–Crippen MR) is 141 cm³/mol. The van der Waals surface area contributed by atoms with Crippen LogP contribution in [0.3, 0.4) is 0 Å². The number of cyclic esters (lactones) is 1. The summed E-state index contributed by atoms with van der Waals surface area (Å²) in [6.45, 7) is 14.3. The summed E-state index contributed by atoms with van der Waals surface area (Å²) in [5.74, 6) is -0.717. The number of ketones is 1. The van der Waals surface area contributed by atoms with Gasteiger partial charge in [-0.2, -0.15) is 0 Å². The van der Waals surface area contributed by atoms with Crippen LogP contribution in [0.25, 0.3) is 0 Å². The molecule has 0 aromatic rings. The zero-order chi connectivity index (χ0) is 28.1. The molecule has 208 valence electrons. The van der Waals surface area contributed by atoms with Gasteiger partial charge in [0.15, 0.2) is 0 Å². The number of aliphatic hydroxyl groups is 2. The van der Waals surface area contributed by atoms with Gasteiger partial charge in [-0.05, 0) is 62.7 Å². The molecule has 0 spiro atoms.